The monoisotopic (exact) mass is 340 g/mol. The van der Waals surface area contributed by atoms with Crippen LogP contribution in [0.2, 0.25) is 0 Å². The van der Waals surface area contributed by atoms with Crippen molar-refractivity contribution in [2.45, 2.75) is 45.6 Å². The fourth-order valence-corrected chi connectivity index (χ4v) is 5.37. The van der Waals surface area contributed by atoms with Crippen LogP contribution in [0.4, 0.5) is 0 Å². The Kier molecular flexibility index (Phi) is 3.73. The highest BCUT2D eigenvalue weighted by Gasteiger charge is 2.60. The molecule has 1 aromatic carbocycles. The molecular weight excluding hydrogens is 312 g/mol. The molecule has 4 nitrogen and oxygen atoms in total. The first-order valence-electron chi connectivity index (χ1n) is 9.44. The van der Waals surface area contributed by atoms with Crippen molar-refractivity contribution in [3.8, 4) is 0 Å². The molecular formula is C21H28N2O2. The van der Waals surface area contributed by atoms with Crippen LogP contribution in [-0.2, 0) is 28.5 Å². The molecule has 3 heterocycles. The molecule has 0 aliphatic carbocycles. The van der Waals surface area contributed by atoms with Crippen molar-refractivity contribution >= 4 is 16.9 Å². The predicted molar refractivity (Wildman–Crippen MR) is 99.5 cm³/mol. The van der Waals surface area contributed by atoms with Crippen LogP contribution >= 0.6 is 0 Å². The molecule has 134 valence electrons. The molecule has 1 saturated heterocycles. The molecule has 0 radical (unpaired) electrons. The van der Waals surface area contributed by atoms with E-state index in [2.05, 4.69) is 54.6 Å². The van der Waals surface area contributed by atoms with Gasteiger partial charge in [-0.3, -0.25) is 9.69 Å². The first kappa shape index (κ1) is 16.6. The molecule has 2 aromatic rings. The van der Waals surface area contributed by atoms with Gasteiger partial charge in [0.1, 0.15) is 0 Å². The van der Waals surface area contributed by atoms with Crippen molar-refractivity contribution in [1.82, 2.24) is 9.47 Å². The van der Waals surface area contributed by atoms with Gasteiger partial charge < -0.3 is 9.30 Å². The molecule has 0 spiro atoms. The summed E-state index contributed by atoms with van der Waals surface area (Å²) >= 11 is 0. The van der Waals surface area contributed by atoms with Gasteiger partial charge in [0, 0.05) is 30.2 Å². The van der Waals surface area contributed by atoms with E-state index in [1.165, 1.54) is 22.2 Å². The molecule has 2 unspecified atom stereocenters. The van der Waals surface area contributed by atoms with E-state index >= 15 is 0 Å². The maximum absolute atomic E-state index is 13.1. The quantitative estimate of drug-likeness (QED) is 0.783. The Balaban J connectivity index is 1.99. The molecule has 0 amide bonds. The van der Waals surface area contributed by atoms with E-state index in [-0.39, 0.29) is 11.5 Å². The zero-order chi connectivity index (χ0) is 17.8. The van der Waals surface area contributed by atoms with E-state index in [0.29, 0.717) is 6.61 Å². The lowest BCUT2D eigenvalue weighted by atomic mass is 9.61. The fourth-order valence-electron chi connectivity index (χ4n) is 5.37. The number of hydrogen-bond donors (Lipinski definition) is 0. The SMILES string of the molecule is CCOC(=O)C1(C)CCCN2CCc3c(n(C)c4ccccc34)C21C. The van der Waals surface area contributed by atoms with Crippen molar-refractivity contribution in [3.63, 3.8) is 0 Å². The van der Waals surface area contributed by atoms with E-state index < -0.39 is 5.41 Å². The lowest BCUT2D eigenvalue weighted by Gasteiger charge is -2.57. The van der Waals surface area contributed by atoms with Gasteiger partial charge in [-0.2, -0.15) is 0 Å². The summed E-state index contributed by atoms with van der Waals surface area (Å²) in [6.45, 7) is 8.77. The minimum atomic E-state index is -0.529. The third-order valence-corrected chi connectivity index (χ3v) is 6.84. The number of aromatic nitrogens is 1. The zero-order valence-electron chi connectivity index (χ0n) is 15.8. The number of fused-ring (bicyclic) bond motifs is 5. The second-order valence-corrected chi connectivity index (χ2v) is 7.87. The maximum atomic E-state index is 13.1. The smallest absolute Gasteiger partial charge is 0.314 e. The molecule has 0 N–H and O–H groups in total. The summed E-state index contributed by atoms with van der Waals surface area (Å²) in [6.07, 6.45) is 2.97. The lowest BCUT2D eigenvalue weighted by Crippen LogP contribution is -2.64. The Bertz CT molecular complexity index is 840. The van der Waals surface area contributed by atoms with Gasteiger partial charge in [-0.25, -0.2) is 0 Å². The second-order valence-electron chi connectivity index (χ2n) is 7.87. The van der Waals surface area contributed by atoms with Gasteiger partial charge in [-0.05, 0) is 58.2 Å². The fraction of sp³-hybridized carbons (Fsp3) is 0.571. The second kappa shape index (κ2) is 5.60. The third-order valence-electron chi connectivity index (χ3n) is 6.84. The molecule has 1 fully saturated rings. The third kappa shape index (κ3) is 2.00. The van der Waals surface area contributed by atoms with Gasteiger partial charge in [0.2, 0.25) is 0 Å². The maximum Gasteiger partial charge on any atom is 0.314 e. The van der Waals surface area contributed by atoms with Crippen LogP contribution in [0, 0.1) is 5.41 Å². The Morgan fingerprint density at radius 1 is 1.24 bits per heavy atom. The molecule has 25 heavy (non-hydrogen) atoms. The van der Waals surface area contributed by atoms with Gasteiger partial charge in [0.05, 0.1) is 17.6 Å². The standard InChI is InChI=1S/C21H28N2O2/c1-5-25-19(24)20(2)12-8-13-23-14-11-16-15-9-6-7-10-17(15)22(4)18(16)21(20,23)3/h6-7,9-10H,5,8,11-14H2,1-4H3. The van der Waals surface area contributed by atoms with E-state index in [0.717, 1.165) is 32.4 Å². The normalized spacial score (nSPS) is 29.3. The van der Waals surface area contributed by atoms with Gasteiger partial charge in [-0.1, -0.05) is 18.2 Å². The lowest BCUT2D eigenvalue weighted by molar-refractivity contribution is -0.173. The first-order valence-corrected chi connectivity index (χ1v) is 9.44. The van der Waals surface area contributed by atoms with Crippen LogP contribution in [0.3, 0.4) is 0 Å². The minimum Gasteiger partial charge on any atom is -0.466 e. The number of piperidine rings is 1. The summed E-state index contributed by atoms with van der Waals surface area (Å²) in [5.41, 5.74) is 3.11. The summed E-state index contributed by atoms with van der Waals surface area (Å²) in [7, 11) is 2.15. The number of carbonyl (C=O) groups is 1. The average Bonchev–Trinajstić information content (AvgIpc) is 2.90. The van der Waals surface area contributed by atoms with E-state index in [1.54, 1.807) is 0 Å². The number of para-hydroxylation sites is 1. The van der Waals surface area contributed by atoms with E-state index in [4.69, 9.17) is 4.74 Å². The number of hydrogen-bond acceptors (Lipinski definition) is 3. The summed E-state index contributed by atoms with van der Waals surface area (Å²) < 4.78 is 7.87. The molecule has 2 atom stereocenters. The Labute approximate surface area is 149 Å². The first-order chi connectivity index (χ1) is 11.9. The Morgan fingerprint density at radius 2 is 2.00 bits per heavy atom. The molecule has 4 heteroatoms. The van der Waals surface area contributed by atoms with Crippen molar-refractivity contribution in [3.05, 3.63) is 35.5 Å². The predicted octanol–water partition coefficient (Wildman–Crippen LogP) is 3.61. The van der Waals surface area contributed by atoms with Crippen LogP contribution in [0.15, 0.2) is 24.3 Å². The summed E-state index contributed by atoms with van der Waals surface area (Å²) in [4.78, 5) is 15.6. The highest BCUT2D eigenvalue weighted by atomic mass is 16.5. The van der Waals surface area contributed by atoms with Crippen LogP contribution in [0.5, 0.6) is 0 Å². The molecule has 1 aromatic heterocycles. The molecule has 2 aliphatic heterocycles. The van der Waals surface area contributed by atoms with Crippen molar-refractivity contribution in [2.24, 2.45) is 12.5 Å². The molecule has 2 aliphatic rings. The highest BCUT2D eigenvalue weighted by molar-refractivity contribution is 5.87. The minimum absolute atomic E-state index is 0.0553. The molecule has 4 rings (SSSR count). The van der Waals surface area contributed by atoms with Crippen LogP contribution < -0.4 is 0 Å². The summed E-state index contributed by atoms with van der Waals surface area (Å²) in [5.74, 6) is -0.0553. The number of ether oxygens (including phenoxy) is 1. The topological polar surface area (TPSA) is 34.5 Å². The number of nitrogens with zero attached hydrogens (tertiary/aromatic N) is 2. The van der Waals surface area contributed by atoms with E-state index in [1.807, 2.05) is 6.92 Å². The van der Waals surface area contributed by atoms with Gasteiger partial charge in [-0.15, -0.1) is 0 Å². The van der Waals surface area contributed by atoms with Crippen LogP contribution in [0.1, 0.15) is 44.9 Å². The molecule has 0 saturated carbocycles. The summed E-state index contributed by atoms with van der Waals surface area (Å²) in [6, 6.07) is 8.62. The number of esters is 1. The van der Waals surface area contributed by atoms with E-state index in [9.17, 15) is 4.79 Å². The van der Waals surface area contributed by atoms with Crippen LogP contribution in [0.25, 0.3) is 10.9 Å². The van der Waals surface area contributed by atoms with Crippen molar-refractivity contribution in [1.29, 1.82) is 0 Å². The largest absolute Gasteiger partial charge is 0.466 e. The number of carbonyl (C=O) groups excluding carboxylic acids is 1. The zero-order valence-corrected chi connectivity index (χ0v) is 15.8. The van der Waals surface area contributed by atoms with Gasteiger partial charge >= 0.3 is 5.97 Å². The molecule has 0 bridgehead atoms. The van der Waals surface area contributed by atoms with Crippen molar-refractivity contribution < 1.29 is 9.53 Å². The Hall–Kier alpha value is -1.81. The van der Waals surface area contributed by atoms with Crippen molar-refractivity contribution in [2.75, 3.05) is 19.7 Å². The average molecular weight is 340 g/mol. The summed E-state index contributed by atoms with van der Waals surface area (Å²) in [5, 5.41) is 1.33. The Morgan fingerprint density at radius 3 is 2.76 bits per heavy atom. The number of benzene rings is 1. The highest BCUT2D eigenvalue weighted by Crippen LogP contribution is 2.55. The number of aryl methyl sites for hydroxylation is 1. The number of rotatable bonds is 2. The van der Waals surface area contributed by atoms with Gasteiger partial charge in [0.25, 0.3) is 0 Å². The van der Waals surface area contributed by atoms with Crippen LogP contribution in [-0.4, -0.2) is 35.1 Å². The van der Waals surface area contributed by atoms with Gasteiger partial charge in [0.15, 0.2) is 0 Å².